The number of rotatable bonds is 8. The first-order valence-electron chi connectivity index (χ1n) is 21.6. The van der Waals surface area contributed by atoms with Crippen LogP contribution >= 0.6 is 0 Å². The standard InChI is InChI=1S/C60H41N3/c1-6-17-42(18-7-1)44-29-33-57-53(38-44)55-40-46(31-35-59(55)62(57)50-24-12-4-13-25-50)47-32-36-60-56(41-47)54-39-45(30-34-58(54)63(60)51-26-14-5-15-27-51)43-19-16-28-52(37-43)61(48-20-8-2-9-21-48)49-22-10-3-11-23-49/h1-41H. The van der Waals surface area contributed by atoms with E-state index in [0.29, 0.717) is 0 Å². The minimum Gasteiger partial charge on any atom is -0.310 e. The summed E-state index contributed by atoms with van der Waals surface area (Å²) in [5.74, 6) is 0. The average molecular weight is 804 g/mol. The fourth-order valence-electron chi connectivity index (χ4n) is 9.53. The van der Waals surface area contributed by atoms with E-state index in [1.807, 2.05) is 0 Å². The zero-order valence-electron chi connectivity index (χ0n) is 34.5. The molecule has 12 aromatic rings. The summed E-state index contributed by atoms with van der Waals surface area (Å²) < 4.78 is 4.80. The summed E-state index contributed by atoms with van der Waals surface area (Å²) >= 11 is 0. The van der Waals surface area contributed by atoms with Crippen LogP contribution in [0.1, 0.15) is 0 Å². The molecule has 63 heavy (non-hydrogen) atoms. The van der Waals surface area contributed by atoms with E-state index < -0.39 is 0 Å². The van der Waals surface area contributed by atoms with E-state index >= 15 is 0 Å². The lowest BCUT2D eigenvalue weighted by molar-refractivity contribution is 1.18. The molecule has 0 N–H and O–H groups in total. The van der Waals surface area contributed by atoms with E-state index in [0.717, 1.165) is 34.0 Å². The van der Waals surface area contributed by atoms with Crippen LogP contribution in [0.2, 0.25) is 0 Å². The molecule has 3 nitrogen and oxygen atoms in total. The Labute approximate surface area is 366 Å². The summed E-state index contributed by atoms with van der Waals surface area (Å²) in [6.07, 6.45) is 0. The van der Waals surface area contributed by atoms with Gasteiger partial charge in [-0.2, -0.15) is 0 Å². The number of hydrogen-bond donors (Lipinski definition) is 0. The molecule has 0 aliphatic carbocycles. The molecule has 0 bridgehead atoms. The Hall–Kier alpha value is -8.40. The molecule has 0 saturated carbocycles. The molecule has 296 valence electrons. The Bertz CT molecular complexity index is 3550. The van der Waals surface area contributed by atoms with Crippen LogP contribution in [0.3, 0.4) is 0 Å². The second kappa shape index (κ2) is 15.3. The van der Waals surface area contributed by atoms with Crippen LogP contribution in [-0.4, -0.2) is 9.13 Å². The monoisotopic (exact) mass is 803 g/mol. The van der Waals surface area contributed by atoms with E-state index in [-0.39, 0.29) is 0 Å². The van der Waals surface area contributed by atoms with Gasteiger partial charge in [-0.05, 0) is 143 Å². The predicted molar refractivity (Wildman–Crippen MR) is 266 cm³/mol. The van der Waals surface area contributed by atoms with Crippen molar-refractivity contribution in [2.24, 2.45) is 0 Å². The van der Waals surface area contributed by atoms with Crippen LogP contribution in [0, 0.1) is 0 Å². The van der Waals surface area contributed by atoms with Gasteiger partial charge in [-0.15, -0.1) is 0 Å². The number of anilines is 3. The van der Waals surface area contributed by atoms with Gasteiger partial charge in [0.15, 0.2) is 0 Å². The summed E-state index contributed by atoms with van der Waals surface area (Å²) in [5, 5.41) is 4.91. The van der Waals surface area contributed by atoms with Gasteiger partial charge in [-0.3, -0.25) is 0 Å². The summed E-state index contributed by atoms with van der Waals surface area (Å²) in [6, 6.07) is 90.1. The van der Waals surface area contributed by atoms with Gasteiger partial charge < -0.3 is 14.0 Å². The van der Waals surface area contributed by atoms with Crippen LogP contribution in [0.4, 0.5) is 17.1 Å². The highest BCUT2D eigenvalue weighted by Gasteiger charge is 2.19. The normalized spacial score (nSPS) is 11.5. The maximum Gasteiger partial charge on any atom is 0.0541 e. The Morgan fingerprint density at radius 1 is 0.222 bits per heavy atom. The van der Waals surface area contributed by atoms with Crippen LogP contribution < -0.4 is 4.90 Å². The smallest absolute Gasteiger partial charge is 0.0541 e. The molecule has 0 saturated heterocycles. The van der Waals surface area contributed by atoms with Gasteiger partial charge in [0.25, 0.3) is 0 Å². The second-order valence-corrected chi connectivity index (χ2v) is 16.2. The highest BCUT2D eigenvalue weighted by molar-refractivity contribution is 6.14. The Kier molecular flexibility index (Phi) is 8.83. The largest absolute Gasteiger partial charge is 0.310 e. The van der Waals surface area contributed by atoms with Crippen molar-refractivity contribution in [3.63, 3.8) is 0 Å². The minimum absolute atomic E-state index is 1.11. The Morgan fingerprint density at radius 2 is 0.524 bits per heavy atom. The molecule has 0 atom stereocenters. The Morgan fingerprint density at radius 3 is 0.921 bits per heavy atom. The molecule has 3 heteroatoms. The van der Waals surface area contributed by atoms with Gasteiger partial charge in [0.2, 0.25) is 0 Å². The summed E-state index contributed by atoms with van der Waals surface area (Å²) in [4.78, 5) is 2.33. The summed E-state index contributed by atoms with van der Waals surface area (Å²) in [6.45, 7) is 0. The van der Waals surface area contributed by atoms with E-state index in [9.17, 15) is 0 Å². The molecule has 10 aromatic carbocycles. The average Bonchev–Trinajstić information content (AvgIpc) is 3.87. The van der Waals surface area contributed by atoms with Crippen molar-refractivity contribution < 1.29 is 0 Å². The quantitative estimate of drug-likeness (QED) is 0.149. The van der Waals surface area contributed by atoms with Crippen LogP contribution in [0.5, 0.6) is 0 Å². The van der Waals surface area contributed by atoms with Crippen molar-refractivity contribution >= 4 is 60.7 Å². The van der Waals surface area contributed by atoms with Gasteiger partial charge in [-0.25, -0.2) is 0 Å². The second-order valence-electron chi connectivity index (χ2n) is 16.2. The number of fused-ring (bicyclic) bond motifs is 6. The van der Waals surface area contributed by atoms with E-state index in [4.69, 9.17) is 0 Å². The van der Waals surface area contributed by atoms with E-state index in [1.54, 1.807) is 0 Å². The molecule has 12 rings (SSSR count). The van der Waals surface area contributed by atoms with Gasteiger partial charge in [-0.1, -0.05) is 140 Å². The maximum atomic E-state index is 2.41. The van der Waals surface area contributed by atoms with Crippen LogP contribution in [0.15, 0.2) is 249 Å². The SMILES string of the molecule is c1ccc(-c2ccc3c(c2)c2cc(-c4ccc5c(c4)c4cc(-c6cccc(N(c7ccccc7)c7ccccc7)c6)ccc4n5-c4ccccc4)ccc2n3-c2ccccc2)cc1. The summed E-state index contributed by atoms with van der Waals surface area (Å²) in [7, 11) is 0. The first kappa shape index (κ1) is 36.5. The molecule has 0 spiro atoms. The third-order valence-corrected chi connectivity index (χ3v) is 12.5. The molecule has 2 aromatic heterocycles. The number of hydrogen-bond acceptors (Lipinski definition) is 1. The lowest BCUT2D eigenvalue weighted by atomic mass is 9.98. The molecular weight excluding hydrogens is 763 g/mol. The highest BCUT2D eigenvalue weighted by Crippen LogP contribution is 2.42. The van der Waals surface area contributed by atoms with Crippen molar-refractivity contribution in [2.45, 2.75) is 0 Å². The molecule has 2 heterocycles. The highest BCUT2D eigenvalue weighted by atomic mass is 15.1. The number of nitrogens with zero attached hydrogens (tertiary/aromatic N) is 3. The molecule has 0 unspecified atom stereocenters. The fraction of sp³-hybridized carbons (Fsp3) is 0. The number of aromatic nitrogens is 2. The van der Waals surface area contributed by atoms with E-state index in [2.05, 4.69) is 263 Å². The summed E-state index contributed by atoms with van der Waals surface area (Å²) in [5.41, 5.74) is 17.5. The first-order valence-corrected chi connectivity index (χ1v) is 21.6. The van der Waals surface area contributed by atoms with Crippen molar-refractivity contribution in [1.82, 2.24) is 9.13 Å². The first-order chi connectivity index (χ1) is 31.2. The number of benzene rings is 10. The molecule has 0 aliphatic rings. The third kappa shape index (κ3) is 6.38. The van der Waals surface area contributed by atoms with Crippen LogP contribution in [-0.2, 0) is 0 Å². The van der Waals surface area contributed by atoms with Gasteiger partial charge >= 0.3 is 0 Å². The third-order valence-electron chi connectivity index (χ3n) is 12.5. The molecule has 0 radical (unpaired) electrons. The fourth-order valence-corrected chi connectivity index (χ4v) is 9.53. The van der Waals surface area contributed by atoms with E-state index in [1.165, 1.54) is 71.4 Å². The lowest BCUT2D eigenvalue weighted by Gasteiger charge is -2.26. The zero-order valence-corrected chi connectivity index (χ0v) is 34.5. The maximum absolute atomic E-state index is 2.41. The zero-order chi connectivity index (χ0) is 41.7. The topological polar surface area (TPSA) is 13.1 Å². The Balaban J connectivity index is 1.03. The van der Waals surface area contributed by atoms with Gasteiger partial charge in [0.05, 0.1) is 22.1 Å². The van der Waals surface area contributed by atoms with Crippen molar-refractivity contribution in [2.75, 3.05) is 4.90 Å². The molecular formula is C60H41N3. The molecule has 0 fully saturated rings. The molecule has 0 amide bonds. The molecule has 0 aliphatic heterocycles. The predicted octanol–water partition coefficient (Wildman–Crippen LogP) is 16.4. The van der Waals surface area contributed by atoms with Crippen LogP contribution in [0.25, 0.3) is 88.4 Å². The van der Waals surface area contributed by atoms with Gasteiger partial charge in [0, 0.05) is 50.0 Å². The van der Waals surface area contributed by atoms with Crippen molar-refractivity contribution in [3.8, 4) is 44.8 Å². The minimum atomic E-state index is 1.11. The van der Waals surface area contributed by atoms with Crippen molar-refractivity contribution in [3.05, 3.63) is 249 Å². The van der Waals surface area contributed by atoms with Crippen molar-refractivity contribution in [1.29, 1.82) is 0 Å². The number of para-hydroxylation sites is 4. The van der Waals surface area contributed by atoms with Gasteiger partial charge in [0.1, 0.15) is 0 Å². The lowest BCUT2D eigenvalue weighted by Crippen LogP contribution is -2.09.